The highest BCUT2D eigenvalue weighted by molar-refractivity contribution is 8.00. The summed E-state index contributed by atoms with van der Waals surface area (Å²) in [7, 11) is 0. The van der Waals surface area contributed by atoms with Crippen LogP contribution in [0.1, 0.15) is 27.2 Å². The predicted molar refractivity (Wildman–Crippen MR) is 154 cm³/mol. The Kier molecular flexibility index (Phi) is 9.07. The van der Waals surface area contributed by atoms with Crippen LogP contribution < -0.4 is 16.0 Å². The Labute approximate surface area is 229 Å². The number of nitrogens with zero attached hydrogens (tertiary/aromatic N) is 1. The number of hydrogen-bond acceptors (Lipinski definition) is 6. The maximum Gasteiger partial charge on any atom is 0.272 e. The first-order valence-electron chi connectivity index (χ1n) is 11.8. The van der Waals surface area contributed by atoms with Gasteiger partial charge >= 0.3 is 0 Å². The molecule has 7 nitrogen and oxygen atoms in total. The number of carbonyl (C=O) groups excluding carboxylic acids is 3. The van der Waals surface area contributed by atoms with Gasteiger partial charge in [0.1, 0.15) is 5.70 Å². The average molecular weight is 543 g/mol. The molecule has 4 aromatic rings. The van der Waals surface area contributed by atoms with Gasteiger partial charge in [-0.3, -0.25) is 14.4 Å². The molecule has 3 amide bonds. The van der Waals surface area contributed by atoms with Crippen LogP contribution in [0.15, 0.2) is 94.8 Å². The van der Waals surface area contributed by atoms with Gasteiger partial charge in [-0.1, -0.05) is 54.1 Å². The summed E-state index contributed by atoms with van der Waals surface area (Å²) in [6, 6.07) is 23.5. The van der Waals surface area contributed by atoms with Crippen molar-refractivity contribution in [2.45, 2.75) is 18.7 Å². The maximum atomic E-state index is 13.3. The summed E-state index contributed by atoms with van der Waals surface area (Å²) in [6.07, 6.45) is 1.64. The van der Waals surface area contributed by atoms with Crippen LogP contribution in [0, 0.1) is 13.8 Å². The molecule has 9 heteroatoms. The minimum atomic E-state index is -0.464. The Bertz CT molecular complexity index is 1460. The monoisotopic (exact) mass is 542 g/mol. The second-order valence-electron chi connectivity index (χ2n) is 8.40. The summed E-state index contributed by atoms with van der Waals surface area (Å²) in [5.74, 6) is -0.814. The van der Waals surface area contributed by atoms with Gasteiger partial charge in [-0.2, -0.15) is 0 Å². The summed E-state index contributed by atoms with van der Waals surface area (Å²) in [5, 5.41) is 10.8. The summed E-state index contributed by atoms with van der Waals surface area (Å²) >= 11 is 2.73. The van der Waals surface area contributed by atoms with Gasteiger partial charge in [0.2, 0.25) is 5.91 Å². The largest absolute Gasteiger partial charge is 0.321 e. The summed E-state index contributed by atoms with van der Waals surface area (Å²) < 4.78 is 0. The lowest BCUT2D eigenvalue weighted by atomic mass is 10.1. The zero-order valence-corrected chi connectivity index (χ0v) is 22.5. The van der Waals surface area contributed by atoms with Crippen LogP contribution in [0.2, 0.25) is 0 Å². The Morgan fingerprint density at radius 2 is 1.68 bits per heavy atom. The smallest absolute Gasteiger partial charge is 0.272 e. The summed E-state index contributed by atoms with van der Waals surface area (Å²) in [4.78, 5) is 43.4. The van der Waals surface area contributed by atoms with E-state index in [0.29, 0.717) is 16.4 Å². The molecule has 192 valence electrons. The van der Waals surface area contributed by atoms with Crippen molar-refractivity contribution >= 4 is 57.7 Å². The van der Waals surface area contributed by atoms with E-state index in [2.05, 4.69) is 20.9 Å². The van der Waals surface area contributed by atoms with Crippen LogP contribution in [-0.4, -0.2) is 28.5 Å². The highest BCUT2D eigenvalue weighted by atomic mass is 32.2. The van der Waals surface area contributed by atoms with Crippen molar-refractivity contribution in [2.75, 3.05) is 16.4 Å². The van der Waals surface area contributed by atoms with Gasteiger partial charge in [0, 0.05) is 21.5 Å². The molecule has 1 aromatic heterocycles. The highest BCUT2D eigenvalue weighted by Gasteiger charge is 2.15. The van der Waals surface area contributed by atoms with Crippen molar-refractivity contribution < 1.29 is 14.4 Å². The first-order chi connectivity index (χ1) is 18.4. The van der Waals surface area contributed by atoms with E-state index in [-0.39, 0.29) is 23.3 Å². The van der Waals surface area contributed by atoms with Crippen LogP contribution in [0.4, 0.5) is 10.8 Å². The van der Waals surface area contributed by atoms with Gasteiger partial charge in [0.25, 0.3) is 11.8 Å². The first kappa shape index (κ1) is 26.8. The molecule has 0 bridgehead atoms. The van der Waals surface area contributed by atoms with E-state index in [1.807, 2.05) is 55.6 Å². The molecule has 0 saturated carbocycles. The molecule has 0 unspecified atom stereocenters. The standard InChI is InChI=1S/C29H26N4O3S2/c1-19-11-13-21(14-12-19)15-25(32-27(35)22-7-4-3-5-8-22)28(36)31-23-9-6-10-24(16-23)37-18-26(34)33-29-30-20(2)17-38-29/h3-17H,18H2,1-2H3,(H,31,36)(H,32,35)(H,30,33,34)/b25-15-. The first-order valence-corrected chi connectivity index (χ1v) is 13.6. The van der Waals surface area contributed by atoms with Crippen LogP contribution in [-0.2, 0) is 9.59 Å². The molecule has 3 aromatic carbocycles. The van der Waals surface area contributed by atoms with Gasteiger partial charge in [0.05, 0.1) is 11.4 Å². The van der Waals surface area contributed by atoms with E-state index < -0.39 is 5.91 Å². The number of carbonyl (C=O) groups is 3. The lowest BCUT2D eigenvalue weighted by Gasteiger charge is -2.12. The molecule has 0 atom stereocenters. The number of amides is 3. The number of nitrogens with one attached hydrogen (secondary N) is 3. The van der Waals surface area contributed by atoms with Crippen LogP contribution in [0.3, 0.4) is 0 Å². The van der Waals surface area contributed by atoms with Gasteiger partial charge < -0.3 is 16.0 Å². The van der Waals surface area contributed by atoms with Crippen LogP contribution in [0.5, 0.6) is 0 Å². The third-order valence-electron chi connectivity index (χ3n) is 5.24. The second-order valence-corrected chi connectivity index (χ2v) is 10.3. The molecule has 3 N–H and O–H groups in total. The third-order valence-corrected chi connectivity index (χ3v) is 7.11. The highest BCUT2D eigenvalue weighted by Crippen LogP contribution is 2.23. The fourth-order valence-electron chi connectivity index (χ4n) is 3.35. The van der Waals surface area contributed by atoms with E-state index in [9.17, 15) is 14.4 Å². The van der Waals surface area contributed by atoms with Gasteiger partial charge in [0.15, 0.2) is 5.13 Å². The minimum absolute atomic E-state index is 0.110. The SMILES string of the molecule is Cc1ccc(/C=C(\NC(=O)c2ccccc2)C(=O)Nc2cccc(SCC(=O)Nc3nc(C)cs3)c2)cc1. The molecule has 38 heavy (non-hydrogen) atoms. The molecule has 0 aliphatic rings. The number of aryl methyl sites for hydroxylation is 2. The fraction of sp³-hybridized carbons (Fsp3) is 0.103. The van der Waals surface area contributed by atoms with Crippen molar-refractivity contribution in [3.05, 3.63) is 112 Å². The normalized spacial score (nSPS) is 11.1. The van der Waals surface area contributed by atoms with E-state index >= 15 is 0 Å². The summed E-state index contributed by atoms with van der Waals surface area (Å²) in [6.45, 7) is 3.85. The Hall–Kier alpha value is -4.21. The Morgan fingerprint density at radius 1 is 0.921 bits per heavy atom. The van der Waals surface area contributed by atoms with E-state index in [4.69, 9.17) is 0 Å². The van der Waals surface area contributed by atoms with E-state index in [1.165, 1.54) is 23.1 Å². The van der Waals surface area contributed by atoms with Crippen molar-refractivity contribution in [3.8, 4) is 0 Å². The number of hydrogen-bond donors (Lipinski definition) is 3. The number of anilines is 2. The van der Waals surface area contributed by atoms with Gasteiger partial charge in [-0.05, 0) is 55.8 Å². The molecular formula is C29H26N4O3S2. The molecule has 0 aliphatic carbocycles. The average Bonchev–Trinajstić information content (AvgIpc) is 3.33. The van der Waals surface area contributed by atoms with Crippen LogP contribution in [0.25, 0.3) is 6.08 Å². The minimum Gasteiger partial charge on any atom is -0.321 e. The number of thioether (sulfide) groups is 1. The topological polar surface area (TPSA) is 100 Å². The zero-order valence-electron chi connectivity index (χ0n) is 20.9. The van der Waals surface area contributed by atoms with Crippen molar-refractivity contribution in [3.63, 3.8) is 0 Å². The quantitative estimate of drug-likeness (QED) is 0.181. The molecule has 0 aliphatic heterocycles. The number of benzene rings is 3. The lowest BCUT2D eigenvalue weighted by molar-refractivity contribution is -0.114. The third kappa shape index (κ3) is 7.89. The molecular weight excluding hydrogens is 516 g/mol. The van der Waals surface area contributed by atoms with Crippen molar-refractivity contribution in [2.24, 2.45) is 0 Å². The van der Waals surface area contributed by atoms with E-state index in [1.54, 1.807) is 48.5 Å². The van der Waals surface area contributed by atoms with Crippen LogP contribution >= 0.6 is 23.1 Å². The van der Waals surface area contributed by atoms with Crippen molar-refractivity contribution in [1.29, 1.82) is 0 Å². The molecule has 0 spiro atoms. The van der Waals surface area contributed by atoms with Crippen molar-refractivity contribution in [1.82, 2.24) is 10.3 Å². The summed E-state index contributed by atoms with van der Waals surface area (Å²) in [5.41, 5.74) is 3.82. The molecule has 4 rings (SSSR count). The van der Waals surface area contributed by atoms with Gasteiger partial charge in [-0.25, -0.2) is 4.98 Å². The molecule has 0 saturated heterocycles. The molecule has 0 fully saturated rings. The lowest BCUT2D eigenvalue weighted by Crippen LogP contribution is -2.30. The zero-order chi connectivity index (χ0) is 26.9. The maximum absolute atomic E-state index is 13.3. The number of aromatic nitrogens is 1. The Morgan fingerprint density at radius 3 is 2.39 bits per heavy atom. The number of rotatable bonds is 9. The Balaban J connectivity index is 1.45. The predicted octanol–water partition coefficient (Wildman–Crippen LogP) is 5.90. The van der Waals surface area contributed by atoms with E-state index in [0.717, 1.165) is 21.7 Å². The van der Waals surface area contributed by atoms with Gasteiger partial charge in [-0.15, -0.1) is 23.1 Å². The molecule has 0 radical (unpaired) electrons. The fourth-order valence-corrected chi connectivity index (χ4v) is 4.81. The number of thiazole rings is 1. The molecule has 1 heterocycles. The second kappa shape index (κ2) is 12.8.